The topological polar surface area (TPSA) is 102 Å². The number of nitrogen functional groups attached to an aromatic ring is 1. The van der Waals surface area contributed by atoms with Crippen molar-refractivity contribution in [3.05, 3.63) is 113 Å². The number of aromatic nitrogens is 5. The Labute approximate surface area is 206 Å². The summed E-state index contributed by atoms with van der Waals surface area (Å²) in [5.74, 6) is 0.121. The molecule has 3 N–H and O–H groups in total. The Balaban J connectivity index is 0.000000222. The minimum absolute atomic E-state index is 0.0783. The maximum Gasteiger partial charge on any atom is 0.263 e. The lowest BCUT2D eigenvalue weighted by Gasteiger charge is -2.15. The number of hydrogen-bond donors (Lipinski definition) is 2. The van der Waals surface area contributed by atoms with Gasteiger partial charge >= 0.3 is 0 Å². The summed E-state index contributed by atoms with van der Waals surface area (Å²) in [5, 5.41) is 1.49. The lowest BCUT2D eigenvalue weighted by molar-refractivity contribution is 0.628. The van der Waals surface area contributed by atoms with E-state index in [1.54, 1.807) is 10.6 Å². The summed E-state index contributed by atoms with van der Waals surface area (Å²) in [4.78, 5) is 27.8. The first-order chi connectivity index (χ1) is 17.6. The van der Waals surface area contributed by atoms with Crippen molar-refractivity contribution in [2.24, 2.45) is 0 Å². The fourth-order valence-electron chi connectivity index (χ4n) is 4.22. The summed E-state index contributed by atoms with van der Waals surface area (Å²) >= 11 is 0. The number of aromatic amines is 1. The second-order valence-electron chi connectivity index (χ2n) is 8.11. The monoisotopic (exact) mass is 478 g/mol. The van der Waals surface area contributed by atoms with Crippen molar-refractivity contribution in [1.82, 2.24) is 24.5 Å². The van der Waals surface area contributed by atoms with Crippen molar-refractivity contribution in [3.63, 3.8) is 0 Å². The predicted octanol–water partition coefficient (Wildman–Crippen LogP) is 5.29. The number of pyridine rings is 1. The molecule has 0 atom stereocenters. The molecule has 3 heterocycles. The van der Waals surface area contributed by atoms with E-state index < -0.39 is 0 Å². The summed E-state index contributed by atoms with van der Waals surface area (Å²) in [6.07, 6.45) is 3.67. The number of fused-ring (bicyclic) bond motifs is 2. The molecule has 3 aromatic carbocycles. The third-order valence-corrected chi connectivity index (χ3v) is 5.89. The van der Waals surface area contributed by atoms with Gasteiger partial charge in [0.05, 0.1) is 11.7 Å². The zero-order chi connectivity index (χ0) is 25.1. The molecule has 0 fully saturated rings. The lowest BCUT2D eigenvalue weighted by Crippen LogP contribution is -2.22. The zero-order valence-electron chi connectivity index (χ0n) is 19.5. The van der Waals surface area contributed by atoms with Gasteiger partial charge in [-0.15, -0.1) is 0 Å². The molecule has 3 aromatic heterocycles. The van der Waals surface area contributed by atoms with Gasteiger partial charge in [-0.05, 0) is 53.3 Å². The highest BCUT2D eigenvalue weighted by Gasteiger charge is 2.14. The van der Waals surface area contributed by atoms with Crippen LogP contribution in [0.4, 0.5) is 10.2 Å². The number of rotatable bonds is 3. The molecule has 0 saturated carbocycles. The Hall–Kier alpha value is -4.85. The smallest absolute Gasteiger partial charge is 0.263 e. The number of benzene rings is 3. The van der Waals surface area contributed by atoms with Gasteiger partial charge in [0.1, 0.15) is 17.7 Å². The number of anilines is 1. The molecule has 0 spiro atoms. The molecule has 6 rings (SSSR count). The number of para-hydroxylation sites is 1. The van der Waals surface area contributed by atoms with Crippen LogP contribution >= 0.6 is 0 Å². The molecule has 0 bridgehead atoms. The SMILES string of the molecule is CCc1cc2cccc(-c3cccc(F)c3)c2c(=O)n1-c1ccccc1.Nc1ncnc2nc[nH]c12. The fourth-order valence-corrected chi connectivity index (χ4v) is 4.22. The van der Waals surface area contributed by atoms with E-state index in [9.17, 15) is 9.18 Å². The molecule has 0 unspecified atom stereocenters. The Kier molecular flexibility index (Phi) is 6.23. The van der Waals surface area contributed by atoms with E-state index in [1.807, 2.05) is 67.6 Å². The van der Waals surface area contributed by atoms with Crippen LogP contribution in [0.3, 0.4) is 0 Å². The van der Waals surface area contributed by atoms with E-state index in [-0.39, 0.29) is 11.4 Å². The fraction of sp³-hybridized carbons (Fsp3) is 0.0714. The largest absolute Gasteiger partial charge is 0.382 e. The van der Waals surface area contributed by atoms with Gasteiger partial charge in [0.15, 0.2) is 11.5 Å². The molecule has 178 valence electrons. The molecule has 0 radical (unpaired) electrons. The minimum atomic E-state index is -0.312. The highest BCUT2D eigenvalue weighted by Crippen LogP contribution is 2.28. The van der Waals surface area contributed by atoms with E-state index in [0.717, 1.165) is 28.8 Å². The number of aryl methyl sites for hydroxylation is 1. The van der Waals surface area contributed by atoms with Gasteiger partial charge in [0.25, 0.3) is 5.56 Å². The van der Waals surface area contributed by atoms with E-state index in [2.05, 4.69) is 19.9 Å². The third kappa shape index (κ3) is 4.32. The lowest BCUT2D eigenvalue weighted by atomic mass is 9.98. The average Bonchev–Trinajstić information content (AvgIpc) is 3.39. The molecular weight excluding hydrogens is 455 g/mol. The summed E-state index contributed by atoms with van der Waals surface area (Å²) in [7, 11) is 0. The Bertz CT molecular complexity index is 1730. The Morgan fingerprint density at radius 3 is 2.50 bits per heavy atom. The van der Waals surface area contributed by atoms with Gasteiger partial charge in [-0.25, -0.2) is 19.3 Å². The number of nitrogens with one attached hydrogen (secondary N) is 1. The minimum Gasteiger partial charge on any atom is -0.382 e. The molecule has 0 amide bonds. The maximum atomic E-state index is 13.7. The van der Waals surface area contributed by atoms with Gasteiger partial charge in [-0.1, -0.05) is 55.5 Å². The molecule has 0 saturated heterocycles. The summed E-state index contributed by atoms with van der Waals surface area (Å²) in [5.41, 5.74) is 9.94. The quantitative estimate of drug-likeness (QED) is 0.360. The van der Waals surface area contributed by atoms with E-state index in [4.69, 9.17) is 5.73 Å². The second-order valence-corrected chi connectivity index (χ2v) is 8.11. The molecule has 6 aromatic rings. The zero-order valence-corrected chi connectivity index (χ0v) is 19.5. The highest BCUT2D eigenvalue weighted by atomic mass is 19.1. The Morgan fingerprint density at radius 2 is 1.75 bits per heavy atom. The van der Waals surface area contributed by atoms with Gasteiger partial charge in [0, 0.05) is 11.4 Å². The second kappa shape index (κ2) is 9.79. The molecule has 8 heteroatoms. The van der Waals surface area contributed by atoms with Crippen LogP contribution in [0, 0.1) is 5.82 Å². The molecule has 7 nitrogen and oxygen atoms in total. The predicted molar refractivity (Wildman–Crippen MR) is 140 cm³/mol. The summed E-state index contributed by atoms with van der Waals surface area (Å²) in [6.45, 7) is 2.04. The van der Waals surface area contributed by atoms with Crippen LogP contribution in [-0.4, -0.2) is 24.5 Å². The van der Waals surface area contributed by atoms with Crippen LogP contribution in [0.5, 0.6) is 0 Å². The van der Waals surface area contributed by atoms with Crippen LogP contribution < -0.4 is 11.3 Å². The van der Waals surface area contributed by atoms with Crippen molar-refractivity contribution in [2.45, 2.75) is 13.3 Å². The third-order valence-electron chi connectivity index (χ3n) is 5.89. The summed E-state index contributed by atoms with van der Waals surface area (Å²) < 4.78 is 15.5. The number of H-pyrrole nitrogens is 1. The molecule has 0 aliphatic carbocycles. The summed E-state index contributed by atoms with van der Waals surface area (Å²) in [6, 6.07) is 23.8. The molecule has 0 aliphatic rings. The molecule has 36 heavy (non-hydrogen) atoms. The number of nitrogens with two attached hydrogens (primary N) is 1. The van der Waals surface area contributed by atoms with Crippen molar-refractivity contribution in [2.75, 3.05) is 5.73 Å². The average molecular weight is 479 g/mol. The van der Waals surface area contributed by atoms with Crippen LogP contribution in [0.15, 0.2) is 96.3 Å². The van der Waals surface area contributed by atoms with Gasteiger partial charge in [-0.3, -0.25) is 9.36 Å². The van der Waals surface area contributed by atoms with E-state index in [0.29, 0.717) is 27.9 Å². The van der Waals surface area contributed by atoms with Crippen LogP contribution in [0.2, 0.25) is 0 Å². The maximum absolute atomic E-state index is 13.7. The van der Waals surface area contributed by atoms with Gasteiger partial charge in [-0.2, -0.15) is 0 Å². The first-order valence-corrected chi connectivity index (χ1v) is 11.5. The number of imidazole rings is 1. The van der Waals surface area contributed by atoms with Crippen LogP contribution in [-0.2, 0) is 6.42 Å². The normalized spacial score (nSPS) is 10.8. The van der Waals surface area contributed by atoms with Crippen molar-refractivity contribution in [1.29, 1.82) is 0 Å². The Morgan fingerprint density at radius 1 is 0.944 bits per heavy atom. The molecule has 0 aliphatic heterocycles. The van der Waals surface area contributed by atoms with Crippen molar-refractivity contribution < 1.29 is 4.39 Å². The van der Waals surface area contributed by atoms with Crippen molar-refractivity contribution in [3.8, 4) is 16.8 Å². The highest BCUT2D eigenvalue weighted by molar-refractivity contribution is 5.96. The molecular formula is C28H23FN6O. The first-order valence-electron chi connectivity index (χ1n) is 11.5. The van der Waals surface area contributed by atoms with E-state index >= 15 is 0 Å². The number of hydrogen-bond acceptors (Lipinski definition) is 5. The first kappa shape index (κ1) is 22.9. The van der Waals surface area contributed by atoms with E-state index in [1.165, 1.54) is 24.8 Å². The van der Waals surface area contributed by atoms with Crippen molar-refractivity contribution >= 4 is 27.8 Å². The van der Waals surface area contributed by atoms with Gasteiger partial charge in [0.2, 0.25) is 0 Å². The van der Waals surface area contributed by atoms with Gasteiger partial charge < -0.3 is 10.7 Å². The van der Waals surface area contributed by atoms with Crippen LogP contribution in [0.1, 0.15) is 12.6 Å². The number of nitrogens with zero attached hydrogens (tertiary/aromatic N) is 4. The number of halogens is 1. The van der Waals surface area contributed by atoms with Crippen LogP contribution in [0.25, 0.3) is 38.8 Å². The standard InChI is InChI=1S/C23H18FNO.C5H5N5/c1-2-19-15-17-9-7-13-21(16-8-6-10-18(24)14-16)22(17)23(26)25(19)20-11-4-3-5-12-20;6-4-3-5(9-1-7-3)10-2-8-4/h3-15H,2H2,1H3;1-2H,(H3,6,7,8,9,10).